The minimum atomic E-state index is 0.552. The maximum atomic E-state index is 3.57. The summed E-state index contributed by atoms with van der Waals surface area (Å²) >= 11 is 0. The average Bonchev–Trinajstić information content (AvgIpc) is 3.08. The lowest BCUT2D eigenvalue weighted by Crippen LogP contribution is -2.22. The summed E-state index contributed by atoms with van der Waals surface area (Å²) < 4.78 is 0. The van der Waals surface area contributed by atoms with Crippen LogP contribution < -0.4 is 5.32 Å². The van der Waals surface area contributed by atoms with Crippen molar-refractivity contribution in [3.63, 3.8) is 0 Å². The molecular formula is C19H29N. The lowest BCUT2D eigenvalue weighted by atomic mass is 9.82. The van der Waals surface area contributed by atoms with E-state index in [0.29, 0.717) is 6.04 Å². The fourth-order valence-corrected chi connectivity index (χ4v) is 4.64. The Bertz CT molecular complexity index is 439. The molecule has 1 heteroatoms. The van der Waals surface area contributed by atoms with Crippen LogP contribution in [0.1, 0.15) is 62.6 Å². The molecule has 1 N–H and O–H groups in total. The molecule has 2 aliphatic carbocycles. The van der Waals surface area contributed by atoms with Gasteiger partial charge in [0.05, 0.1) is 0 Å². The molecule has 2 aliphatic rings. The maximum Gasteiger partial charge on any atom is 0.0320 e. The largest absolute Gasteiger partial charge is 0.313 e. The summed E-state index contributed by atoms with van der Waals surface area (Å²) in [5.74, 6) is 3.07. The molecular weight excluding hydrogens is 242 g/mol. The maximum absolute atomic E-state index is 3.57. The molecule has 0 spiro atoms. The molecule has 0 amide bonds. The second-order valence-corrected chi connectivity index (χ2v) is 7.01. The zero-order valence-electron chi connectivity index (χ0n) is 13.1. The summed E-state index contributed by atoms with van der Waals surface area (Å²) in [5.41, 5.74) is 3.00. The number of nitrogens with one attached hydrogen (secondary N) is 1. The predicted molar refractivity (Wildman–Crippen MR) is 85.8 cm³/mol. The molecule has 0 radical (unpaired) electrons. The minimum Gasteiger partial charge on any atom is -0.313 e. The van der Waals surface area contributed by atoms with Crippen molar-refractivity contribution in [3.8, 4) is 0 Å². The average molecular weight is 271 g/mol. The van der Waals surface area contributed by atoms with E-state index >= 15 is 0 Å². The Morgan fingerprint density at radius 2 is 2.15 bits per heavy atom. The molecule has 0 aromatic heterocycles. The van der Waals surface area contributed by atoms with Gasteiger partial charge in [-0.15, -0.1) is 0 Å². The fourth-order valence-electron chi connectivity index (χ4n) is 4.64. The first-order valence-corrected chi connectivity index (χ1v) is 8.56. The van der Waals surface area contributed by atoms with Crippen LogP contribution in [0.4, 0.5) is 0 Å². The first-order valence-electron chi connectivity index (χ1n) is 8.56. The van der Waals surface area contributed by atoms with Gasteiger partial charge in [-0.1, -0.05) is 44.0 Å². The molecule has 1 aromatic rings. The number of hydrogen-bond acceptors (Lipinski definition) is 1. The minimum absolute atomic E-state index is 0.552. The van der Waals surface area contributed by atoms with Crippen LogP contribution in [0.25, 0.3) is 0 Å². The number of rotatable bonds is 6. The van der Waals surface area contributed by atoms with E-state index in [1.807, 2.05) is 0 Å². The highest BCUT2D eigenvalue weighted by Gasteiger charge is 2.40. The van der Waals surface area contributed by atoms with Gasteiger partial charge in [0.25, 0.3) is 0 Å². The Morgan fingerprint density at radius 3 is 2.80 bits per heavy atom. The zero-order chi connectivity index (χ0) is 13.9. The number of fused-ring (bicyclic) bond motifs is 2. The van der Waals surface area contributed by atoms with Gasteiger partial charge in [-0.2, -0.15) is 0 Å². The van der Waals surface area contributed by atoms with Crippen LogP contribution >= 0.6 is 0 Å². The standard InChI is InChI=1S/C19H29N/c1-3-5-14-6-4-7-17(10-14)19(20-2)13-18-12-15-8-9-16(18)11-15/h4,6-7,10,15-16,18-20H,3,5,8-9,11-13H2,1-2H3. The van der Waals surface area contributed by atoms with Crippen molar-refractivity contribution in [2.24, 2.45) is 17.8 Å². The van der Waals surface area contributed by atoms with Crippen molar-refractivity contribution in [1.29, 1.82) is 0 Å². The molecule has 4 unspecified atom stereocenters. The Labute approximate surface area is 124 Å². The summed E-state index contributed by atoms with van der Waals surface area (Å²) in [6, 6.07) is 9.81. The highest BCUT2D eigenvalue weighted by molar-refractivity contribution is 5.26. The fraction of sp³-hybridized carbons (Fsp3) is 0.684. The molecule has 0 heterocycles. The third kappa shape index (κ3) is 2.93. The van der Waals surface area contributed by atoms with Gasteiger partial charge in [0.1, 0.15) is 0 Å². The highest BCUT2D eigenvalue weighted by Crippen LogP contribution is 2.50. The van der Waals surface area contributed by atoms with E-state index in [0.717, 1.165) is 17.8 Å². The lowest BCUT2D eigenvalue weighted by Gasteiger charge is -2.27. The van der Waals surface area contributed by atoms with Crippen LogP contribution in [0.5, 0.6) is 0 Å². The normalized spacial score (nSPS) is 29.8. The van der Waals surface area contributed by atoms with Gasteiger partial charge in [0.15, 0.2) is 0 Å². The summed E-state index contributed by atoms with van der Waals surface area (Å²) in [6.07, 6.45) is 9.82. The number of hydrogen-bond donors (Lipinski definition) is 1. The van der Waals surface area contributed by atoms with Gasteiger partial charge in [0, 0.05) is 6.04 Å². The van der Waals surface area contributed by atoms with Gasteiger partial charge in [-0.25, -0.2) is 0 Å². The van der Waals surface area contributed by atoms with Crippen LogP contribution in [0.15, 0.2) is 24.3 Å². The van der Waals surface area contributed by atoms with Crippen molar-refractivity contribution in [2.75, 3.05) is 7.05 Å². The monoisotopic (exact) mass is 271 g/mol. The predicted octanol–water partition coefficient (Wildman–Crippen LogP) is 4.73. The topological polar surface area (TPSA) is 12.0 Å². The van der Waals surface area contributed by atoms with Gasteiger partial charge in [-0.3, -0.25) is 0 Å². The van der Waals surface area contributed by atoms with E-state index in [9.17, 15) is 0 Å². The molecule has 2 bridgehead atoms. The van der Waals surface area contributed by atoms with Crippen LogP contribution in [0, 0.1) is 17.8 Å². The molecule has 0 aliphatic heterocycles. The molecule has 4 atom stereocenters. The molecule has 2 fully saturated rings. The Balaban J connectivity index is 1.68. The van der Waals surface area contributed by atoms with E-state index in [1.54, 1.807) is 0 Å². The van der Waals surface area contributed by atoms with E-state index in [4.69, 9.17) is 0 Å². The molecule has 2 saturated carbocycles. The smallest absolute Gasteiger partial charge is 0.0320 e. The van der Waals surface area contributed by atoms with Gasteiger partial charge in [-0.05, 0) is 68.0 Å². The molecule has 20 heavy (non-hydrogen) atoms. The van der Waals surface area contributed by atoms with Gasteiger partial charge < -0.3 is 5.32 Å². The SMILES string of the molecule is CCCc1cccc(C(CC2CC3CCC2C3)NC)c1. The summed E-state index contributed by atoms with van der Waals surface area (Å²) in [6.45, 7) is 2.26. The Hall–Kier alpha value is -0.820. The van der Waals surface area contributed by atoms with E-state index in [2.05, 4.69) is 43.6 Å². The highest BCUT2D eigenvalue weighted by atomic mass is 14.9. The van der Waals surface area contributed by atoms with Crippen molar-refractivity contribution in [1.82, 2.24) is 5.32 Å². The summed E-state index contributed by atoms with van der Waals surface area (Å²) in [4.78, 5) is 0. The van der Waals surface area contributed by atoms with E-state index in [1.165, 1.54) is 56.1 Å². The van der Waals surface area contributed by atoms with Crippen molar-refractivity contribution < 1.29 is 0 Å². The second-order valence-electron chi connectivity index (χ2n) is 7.01. The third-order valence-electron chi connectivity index (χ3n) is 5.66. The summed E-state index contributed by atoms with van der Waals surface area (Å²) in [7, 11) is 2.13. The van der Waals surface area contributed by atoms with Crippen molar-refractivity contribution in [3.05, 3.63) is 35.4 Å². The number of benzene rings is 1. The van der Waals surface area contributed by atoms with Crippen LogP contribution in [0.2, 0.25) is 0 Å². The lowest BCUT2D eigenvalue weighted by molar-refractivity contribution is 0.284. The molecule has 110 valence electrons. The molecule has 1 aromatic carbocycles. The first-order chi connectivity index (χ1) is 9.80. The van der Waals surface area contributed by atoms with Crippen LogP contribution in [-0.2, 0) is 6.42 Å². The van der Waals surface area contributed by atoms with E-state index in [-0.39, 0.29) is 0 Å². The molecule has 3 rings (SSSR count). The van der Waals surface area contributed by atoms with Crippen LogP contribution in [0.3, 0.4) is 0 Å². The number of aryl methyl sites for hydroxylation is 1. The zero-order valence-corrected chi connectivity index (χ0v) is 13.1. The summed E-state index contributed by atoms with van der Waals surface area (Å²) in [5, 5.41) is 3.57. The molecule has 1 nitrogen and oxygen atoms in total. The van der Waals surface area contributed by atoms with Gasteiger partial charge in [0.2, 0.25) is 0 Å². The quantitative estimate of drug-likeness (QED) is 0.789. The Kier molecular flexibility index (Phi) is 4.45. The van der Waals surface area contributed by atoms with Crippen LogP contribution in [-0.4, -0.2) is 7.05 Å². The Morgan fingerprint density at radius 1 is 1.25 bits per heavy atom. The van der Waals surface area contributed by atoms with Gasteiger partial charge >= 0.3 is 0 Å². The molecule has 0 saturated heterocycles. The van der Waals surface area contributed by atoms with Crippen molar-refractivity contribution >= 4 is 0 Å². The van der Waals surface area contributed by atoms with E-state index < -0.39 is 0 Å². The first kappa shape index (κ1) is 14.1. The third-order valence-corrected chi connectivity index (χ3v) is 5.66. The van der Waals surface area contributed by atoms with Crippen molar-refractivity contribution in [2.45, 2.75) is 57.9 Å². The second kappa shape index (κ2) is 6.30.